The summed E-state index contributed by atoms with van der Waals surface area (Å²) in [6.45, 7) is 1.20. The first kappa shape index (κ1) is 9.64. The predicted molar refractivity (Wildman–Crippen MR) is 49.4 cm³/mol. The minimum atomic E-state index is -1.53. The van der Waals surface area contributed by atoms with Crippen LogP contribution in [0.25, 0.3) is 0 Å². The molecule has 1 aromatic carbocycles. The Kier molecular flexibility index (Phi) is 2.15. The zero-order valence-electron chi connectivity index (χ0n) is 7.91. The number of rotatable bonds is 2. The monoisotopic (exact) mass is 209 g/mol. The molecular weight excluding hydrogens is 201 g/mol. The van der Waals surface area contributed by atoms with Crippen LogP contribution in [0.2, 0.25) is 0 Å². The number of imide groups is 1. The number of alkyl halides is 1. The number of nitrogens with one attached hydrogen (secondary N) is 1. The van der Waals surface area contributed by atoms with E-state index in [-0.39, 0.29) is 16.9 Å². The first-order chi connectivity index (χ1) is 7.09. The third-order valence-electron chi connectivity index (χ3n) is 2.01. The predicted octanol–water partition coefficient (Wildman–Crippen LogP) is 1.26. The normalized spacial score (nSPS) is 15.9. The van der Waals surface area contributed by atoms with E-state index in [4.69, 9.17) is 4.74 Å². The zero-order valence-corrected chi connectivity index (χ0v) is 7.91. The van der Waals surface area contributed by atoms with Gasteiger partial charge in [0.05, 0.1) is 11.1 Å². The van der Waals surface area contributed by atoms with Gasteiger partial charge in [-0.3, -0.25) is 14.9 Å². The molecule has 2 rings (SSSR count). The molecule has 0 radical (unpaired) electrons. The number of hydrogen-bond donors (Lipinski definition) is 1. The summed E-state index contributed by atoms with van der Waals surface area (Å²) >= 11 is 0. The Bertz CT molecular complexity index is 442. The van der Waals surface area contributed by atoms with Crippen LogP contribution in [-0.4, -0.2) is 18.2 Å². The van der Waals surface area contributed by atoms with E-state index < -0.39 is 18.2 Å². The van der Waals surface area contributed by atoms with Gasteiger partial charge in [0.25, 0.3) is 11.8 Å². The maximum atomic E-state index is 12.6. The van der Waals surface area contributed by atoms with Crippen molar-refractivity contribution in [3.8, 4) is 5.75 Å². The number of amides is 2. The van der Waals surface area contributed by atoms with Gasteiger partial charge in [0.2, 0.25) is 6.36 Å². The summed E-state index contributed by atoms with van der Waals surface area (Å²) in [6.07, 6.45) is -1.53. The van der Waals surface area contributed by atoms with Gasteiger partial charge in [-0.1, -0.05) is 6.07 Å². The largest absolute Gasteiger partial charge is 0.460 e. The topological polar surface area (TPSA) is 55.4 Å². The molecule has 0 saturated carbocycles. The fraction of sp³-hybridized carbons (Fsp3) is 0.200. The van der Waals surface area contributed by atoms with Gasteiger partial charge in [-0.15, -0.1) is 0 Å². The molecule has 1 atom stereocenters. The molecule has 0 bridgehead atoms. The quantitative estimate of drug-likeness (QED) is 0.746. The van der Waals surface area contributed by atoms with Crippen molar-refractivity contribution >= 4 is 11.8 Å². The lowest BCUT2D eigenvalue weighted by Gasteiger charge is -2.08. The second kappa shape index (κ2) is 3.34. The van der Waals surface area contributed by atoms with Crippen LogP contribution in [0, 0.1) is 0 Å². The van der Waals surface area contributed by atoms with Crippen molar-refractivity contribution in [3.05, 3.63) is 29.3 Å². The third-order valence-corrected chi connectivity index (χ3v) is 2.01. The van der Waals surface area contributed by atoms with Gasteiger partial charge in [0, 0.05) is 6.92 Å². The number of hydrogen-bond acceptors (Lipinski definition) is 3. The zero-order chi connectivity index (χ0) is 11.0. The Balaban J connectivity index is 2.50. The molecule has 78 valence electrons. The van der Waals surface area contributed by atoms with Crippen LogP contribution < -0.4 is 10.1 Å². The average Bonchev–Trinajstić information content (AvgIpc) is 2.43. The average molecular weight is 209 g/mol. The minimum absolute atomic E-state index is 0.0888. The molecule has 0 aromatic heterocycles. The van der Waals surface area contributed by atoms with Gasteiger partial charge < -0.3 is 4.74 Å². The Morgan fingerprint density at radius 2 is 2.07 bits per heavy atom. The molecule has 0 aliphatic carbocycles. The maximum absolute atomic E-state index is 12.6. The smallest absolute Gasteiger partial charge is 0.262 e. The first-order valence-corrected chi connectivity index (χ1v) is 4.39. The van der Waals surface area contributed by atoms with E-state index in [1.54, 1.807) is 0 Å². The summed E-state index contributed by atoms with van der Waals surface area (Å²) in [5.74, 6) is -0.941. The van der Waals surface area contributed by atoms with Crippen molar-refractivity contribution in [3.63, 3.8) is 0 Å². The Morgan fingerprint density at radius 3 is 2.73 bits per heavy atom. The molecule has 2 amide bonds. The molecule has 1 N–H and O–H groups in total. The molecule has 0 spiro atoms. The fourth-order valence-corrected chi connectivity index (χ4v) is 1.46. The highest BCUT2D eigenvalue weighted by molar-refractivity contribution is 6.22. The van der Waals surface area contributed by atoms with Crippen molar-refractivity contribution < 1.29 is 18.7 Å². The molecule has 1 aliphatic heterocycles. The van der Waals surface area contributed by atoms with E-state index in [0.717, 1.165) is 0 Å². The molecule has 1 unspecified atom stereocenters. The summed E-state index contributed by atoms with van der Waals surface area (Å²) < 4.78 is 17.4. The molecule has 0 saturated heterocycles. The minimum Gasteiger partial charge on any atom is -0.460 e. The summed E-state index contributed by atoms with van der Waals surface area (Å²) in [5, 5.41) is 2.12. The van der Waals surface area contributed by atoms with Crippen LogP contribution in [-0.2, 0) is 0 Å². The number of benzene rings is 1. The fourth-order valence-electron chi connectivity index (χ4n) is 1.46. The lowest BCUT2D eigenvalue weighted by molar-refractivity contribution is 0.0820. The van der Waals surface area contributed by atoms with E-state index in [0.29, 0.717) is 0 Å². The number of carbonyl (C=O) groups excluding carboxylic acids is 2. The van der Waals surface area contributed by atoms with Crippen LogP contribution in [0.1, 0.15) is 27.6 Å². The number of halogens is 1. The van der Waals surface area contributed by atoms with Gasteiger partial charge in [0.1, 0.15) is 5.75 Å². The van der Waals surface area contributed by atoms with Gasteiger partial charge >= 0.3 is 0 Å². The van der Waals surface area contributed by atoms with Crippen molar-refractivity contribution in [2.75, 3.05) is 0 Å². The van der Waals surface area contributed by atoms with E-state index in [2.05, 4.69) is 5.32 Å². The van der Waals surface area contributed by atoms with Gasteiger partial charge in [-0.2, -0.15) is 0 Å². The van der Waals surface area contributed by atoms with Crippen molar-refractivity contribution in [1.29, 1.82) is 0 Å². The lowest BCUT2D eigenvalue weighted by atomic mass is 10.1. The van der Waals surface area contributed by atoms with Gasteiger partial charge in [0.15, 0.2) is 0 Å². The van der Waals surface area contributed by atoms with Crippen LogP contribution in [0.15, 0.2) is 18.2 Å². The van der Waals surface area contributed by atoms with Crippen molar-refractivity contribution in [2.24, 2.45) is 0 Å². The molecule has 4 nitrogen and oxygen atoms in total. The highest BCUT2D eigenvalue weighted by Gasteiger charge is 2.30. The van der Waals surface area contributed by atoms with Crippen LogP contribution in [0.5, 0.6) is 5.75 Å². The summed E-state index contributed by atoms with van der Waals surface area (Å²) in [5.41, 5.74) is 0.324. The van der Waals surface area contributed by atoms with Crippen LogP contribution >= 0.6 is 0 Å². The van der Waals surface area contributed by atoms with Crippen molar-refractivity contribution in [2.45, 2.75) is 13.3 Å². The van der Waals surface area contributed by atoms with E-state index in [1.807, 2.05) is 0 Å². The van der Waals surface area contributed by atoms with Crippen LogP contribution in [0.4, 0.5) is 4.39 Å². The number of ether oxygens (including phenoxy) is 1. The van der Waals surface area contributed by atoms with Crippen molar-refractivity contribution in [1.82, 2.24) is 5.32 Å². The summed E-state index contributed by atoms with van der Waals surface area (Å²) in [4.78, 5) is 22.6. The second-order valence-electron chi connectivity index (χ2n) is 3.12. The summed E-state index contributed by atoms with van der Waals surface area (Å²) in [7, 11) is 0. The Labute approximate surface area is 85.0 Å². The first-order valence-electron chi connectivity index (χ1n) is 4.39. The number of carbonyl (C=O) groups is 2. The highest BCUT2D eigenvalue weighted by Crippen LogP contribution is 2.27. The molecule has 1 aliphatic rings. The summed E-state index contributed by atoms with van der Waals surface area (Å²) in [6, 6.07) is 4.48. The standard InChI is InChI=1S/C10H8FNO3/c1-5(11)15-7-4-2-3-6-8(7)10(14)12-9(6)13/h2-5H,1H3,(H,12,13,14). The number of fused-ring (bicyclic) bond motifs is 1. The van der Waals surface area contributed by atoms with Gasteiger partial charge in [-0.25, -0.2) is 4.39 Å². The van der Waals surface area contributed by atoms with Crippen LogP contribution in [0.3, 0.4) is 0 Å². The molecular formula is C10H8FNO3. The van der Waals surface area contributed by atoms with E-state index in [9.17, 15) is 14.0 Å². The molecule has 15 heavy (non-hydrogen) atoms. The molecule has 1 aromatic rings. The molecule has 5 heteroatoms. The lowest BCUT2D eigenvalue weighted by Crippen LogP contribution is -2.20. The third kappa shape index (κ3) is 1.56. The van der Waals surface area contributed by atoms with Gasteiger partial charge in [-0.05, 0) is 12.1 Å². The Hall–Kier alpha value is -1.91. The second-order valence-corrected chi connectivity index (χ2v) is 3.12. The van der Waals surface area contributed by atoms with E-state index in [1.165, 1.54) is 25.1 Å². The SMILES string of the molecule is CC(F)Oc1cccc2c1C(=O)NC2=O. The Morgan fingerprint density at radius 1 is 1.33 bits per heavy atom. The maximum Gasteiger partial charge on any atom is 0.262 e. The highest BCUT2D eigenvalue weighted by atomic mass is 19.1. The van der Waals surface area contributed by atoms with E-state index >= 15 is 0 Å². The molecule has 0 fully saturated rings. The molecule has 1 heterocycles.